The van der Waals surface area contributed by atoms with Gasteiger partial charge < -0.3 is 5.32 Å². The zero-order valence-electron chi connectivity index (χ0n) is 8.13. The summed E-state index contributed by atoms with van der Waals surface area (Å²) in [5.41, 5.74) is 0.458. The highest BCUT2D eigenvalue weighted by atomic mass is 35.5. The number of aromatic nitrogens is 1. The number of amides is 1. The van der Waals surface area contributed by atoms with Crippen LogP contribution in [0.15, 0.2) is 12.1 Å². The molecule has 0 radical (unpaired) electrons. The topological polar surface area (TPSA) is 42.0 Å². The van der Waals surface area contributed by atoms with E-state index >= 15 is 0 Å². The summed E-state index contributed by atoms with van der Waals surface area (Å²) < 4.78 is 0. The number of nitrogens with one attached hydrogen (secondary N) is 1. The van der Waals surface area contributed by atoms with Crippen molar-refractivity contribution in [3.8, 4) is 0 Å². The molecule has 3 nitrogen and oxygen atoms in total. The van der Waals surface area contributed by atoms with Gasteiger partial charge in [-0.3, -0.25) is 4.79 Å². The summed E-state index contributed by atoms with van der Waals surface area (Å²) in [5, 5.41) is 3.36. The average molecular weight is 245 g/mol. The SMILES string of the molecule is C[C@@H]1C[C@H]1NC(=O)c1cc(Cl)nc(Cl)c1. The molecule has 2 rings (SSSR count). The van der Waals surface area contributed by atoms with Crippen LogP contribution < -0.4 is 5.32 Å². The van der Waals surface area contributed by atoms with Crippen LogP contribution in [0.3, 0.4) is 0 Å². The summed E-state index contributed by atoms with van der Waals surface area (Å²) in [6.07, 6.45) is 1.04. The fourth-order valence-electron chi connectivity index (χ4n) is 1.37. The predicted octanol–water partition coefficient (Wildman–Crippen LogP) is 2.53. The molecule has 1 fully saturated rings. The summed E-state index contributed by atoms with van der Waals surface area (Å²) in [6.45, 7) is 2.09. The van der Waals surface area contributed by atoms with E-state index in [1.807, 2.05) is 0 Å². The highest BCUT2D eigenvalue weighted by molar-refractivity contribution is 6.33. The van der Waals surface area contributed by atoms with E-state index in [0.29, 0.717) is 17.5 Å². The molecule has 1 amide bonds. The van der Waals surface area contributed by atoms with Crippen LogP contribution in [0.2, 0.25) is 10.3 Å². The van der Waals surface area contributed by atoms with E-state index in [-0.39, 0.29) is 16.2 Å². The Morgan fingerprint density at radius 3 is 2.47 bits per heavy atom. The van der Waals surface area contributed by atoms with Crippen molar-refractivity contribution in [2.75, 3.05) is 0 Å². The molecule has 0 unspecified atom stereocenters. The lowest BCUT2D eigenvalue weighted by atomic mass is 10.2. The van der Waals surface area contributed by atoms with Gasteiger partial charge in [-0.25, -0.2) is 4.98 Å². The second kappa shape index (κ2) is 3.99. The third kappa shape index (κ3) is 2.61. The molecular weight excluding hydrogens is 235 g/mol. The minimum Gasteiger partial charge on any atom is -0.349 e. The molecule has 1 aliphatic rings. The van der Waals surface area contributed by atoms with Gasteiger partial charge in [-0.2, -0.15) is 0 Å². The molecule has 0 saturated heterocycles. The highest BCUT2D eigenvalue weighted by Gasteiger charge is 2.34. The number of carbonyl (C=O) groups excluding carboxylic acids is 1. The van der Waals surface area contributed by atoms with Crippen LogP contribution in [-0.2, 0) is 0 Å². The van der Waals surface area contributed by atoms with Gasteiger partial charge in [-0.1, -0.05) is 30.1 Å². The zero-order valence-corrected chi connectivity index (χ0v) is 9.64. The van der Waals surface area contributed by atoms with Gasteiger partial charge in [0.05, 0.1) is 0 Å². The number of rotatable bonds is 2. The Balaban J connectivity index is 2.11. The first-order valence-electron chi connectivity index (χ1n) is 4.70. The summed E-state index contributed by atoms with van der Waals surface area (Å²) in [5.74, 6) is 0.428. The van der Waals surface area contributed by atoms with Gasteiger partial charge in [0.15, 0.2) is 0 Å². The van der Waals surface area contributed by atoms with Crippen molar-refractivity contribution in [3.05, 3.63) is 28.0 Å². The van der Waals surface area contributed by atoms with E-state index < -0.39 is 0 Å². The lowest BCUT2D eigenvalue weighted by molar-refractivity contribution is 0.0949. The molecule has 80 valence electrons. The Morgan fingerprint density at radius 1 is 1.47 bits per heavy atom. The van der Waals surface area contributed by atoms with Gasteiger partial charge in [0.25, 0.3) is 5.91 Å². The van der Waals surface area contributed by atoms with E-state index in [2.05, 4.69) is 17.2 Å². The maximum Gasteiger partial charge on any atom is 0.251 e. The second-order valence-corrected chi connectivity index (χ2v) is 4.57. The Labute approximate surface area is 97.8 Å². The first-order chi connectivity index (χ1) is 7.06. The van der Waals surface area contributed by atoms with Gasteiger partial charge in [-0.15, -0.1) is 0 Å². The van der Waals surface area contributed by atoms with Crippen LogP contribution in [0.25, 0.3) is 0 Å². The molecule has 1 aliphatic carbocycles. The molecule has 2 atom stereocenters. The van der Waals surface area contributed by atoms with Crippen molar-refractivity contribution >= 4 is 29.1 Å². The van der Waals surface area contributed by atoms with Crippen LogP contribution in [0, 0.1) is 5.92 Å². The van der Waals surface area contributed by atoms with Gasteiger partial charge in [0.1, 0.15) is 10.3 Å². The maximum absolute atomic E-state index is 11.7. The minimum atomic E-state index is -0.143. The van der Waals surface area contributed by atoms with E-state index in [9.17, 15) is 4.79 Å². The monoisotopic (exact) mass is 244 g/mol. The third-order valence-electron chi connectivity index (χ3n) is 2.45. The molecule has 15 heavy (non-hydrogen) atoms. The van der Waals surface area contributed by atoms with Crippen LogP contribution >= 0.6 is 23.2 Å². The quantitative estimate of drug-likeness (QED) is 0.813. The number of nitrogens with zero attached hydrogens (tertiary/aromatic N) is 1. The first kappa shape index (κ1) is 10.7. The molecule has 5 heteroatoms. The molecule has 1 heterocycles. The van der Waals surface area contributed by atoms with Gasteiger partial charge in [0.2, 0.25) is 0 Å². The van der Waals surface area contributed by atoms with Crippen LogP contribution in [0.4, 0.5) is 0 Å². The number of hydrogen-bond donors (Lipinski definition) is 1. The predicted molar refractivity (Wildman–Crippen MR) is 59.3 cm³/mol. The van der Waals surface area contributed by atoms with Gasteiger partial charge in [-0.05, 0) is 24.5 Å². The first-order valence-corrected chi connectivity index (χ1v) is 5.46. The Morgan fingerprint density at radius 2 is 2.00 bits per heavy atom. The Kier molecular flexibility index (Phi) is 2.85. The van der Waals surface area contributed by atoms with Crippen molar-refractivity contribution in [2.24, 2.45) is 5.92 Å². The maximum atomic E-state index is 11.7. The molecule has 0 bridgehead atoms. The average Bonchev–Trinajstić information content (AvgIpc) is 2.79. The van der Waals surface area contributed by atoms with E-state index in [0.717, 1.165) is 6.42 Å². The summed E-state index contributed by atoms with van der Waals surface area (Å²) in [4.78, 5) is 15.5. The third-order valence-corrected chi connectivity index (χ3v) is 2.84. The fourth-order valence-corrected chi connectivity index (χ4v) is 1.83. The largest absolute Gasteiger partial charge is 0.349 e. The summed E-state index contributed by atoms with van der Waals surface area (Å²) >= 11 is 11.4. The lowest BCUT2D eigenvalue weighted by Crippen LogP contribution is -2.26. The molecule has 0 aromatic carbocycles. The van der Waals surface area contributed by atoms with Crippen molar-refractivity contribution in [1.82, 2.24) is 10.3 Å². The molecule has 0 spiro atoms. The second-order valence-electron chi connectivity index (χ2n) is 3.79. The van der Waals surface area contributed by atoms with E-state index in [4.69, 9.17) is 23.2 Å². The van der Waals surface area contributed by atoms with Gasteiger partial charge in [0, 0.05) is 11.6 Å². The van der Waals surface area contributed by atoms with Crippen molar-refractivity contribution in [3.63, 3.8) is 0 Å². The number of pyridine rings is 1. The standard InChI is InChI=1S/C10H10Cl2N2O/c1-5-2-7(5)13-10(15)6-3-8(11)14-9(12)4-6/h3-5,7H,2H2,1H3,(H,13,15)/t5-,7-/m1/s1. The minimum absolute atomic E-state index is 0.143. The lowest BCUT2D eigenvalue weighted by Gasteiger charge is -2.04. The van der Waals surface area contributed by atoms with Crippen molar-refractivity contribution < 1.29 is 4.79 Å². The Hall–Kier alpha value is -0.800. The summed E-state index contributed by atoms with van der Waals surface area (Å²) in [7, 11) is 0. The molecule has 1 N–H and O–H groups in total. The van der Waals surface area contributed by atoms with Crippen molar-refractivity contribution in [2.45, 2.75) is 19.4 Å². The van der Waals surface area contributed by atoms with E-state index in [1.165, 1.54) is 12.1 Å². The normalized spacial score (nSPS) is 23.7. The Bertz CT molecular complexity index is 388. The van der Waals surface area contributed by atoms with Crippen LogP contribution in [-0.4, -0.2) is 16.9 Å². The molecular formula is C10H10Cl2N2O. The number of hydrogen-bond acceptors (Lipinski definition) is 2. The van der Waals surface area contributed by atoms with Crippen LogP contribution in [0.5, 0.6) is 0 Å². The number of carbonyl (C=O) groups is 1. The molecule has 1 saturated carbocycles. The number of halogens is 2. The van der Waals surface area contributed by atoms with E-state index in [1.54, 1.807) is 0 Å². The van der Waals surface area contributed by atoms with Crippen molar-refractivity contribution in [1.29, 1.82) is 0 Å². The molecule has 1 aromatic rings. The zero-order chi connectivity index (χ0) is 11.0. The molecule has 1 aromatic heterocycles. The summed E-state index contributed by atoms with van der Waals surface area (Å²) in [6, 6.07) is 3.31. The van der Waals surface area contributed by atoms with Gasteiger partial charge >= 0.3 is 0 Å². The molecule has 0 aliphatic heterocycles. The fraction of sp³-hybridized carbons (Fsp3) is 0.400. The highest BCUT2D eigenvalue weighted by Crippen LogP contribution is 2.29. The smallest absolute Gasteiger partial charge is 0.251 e. The van der Waals surface area contributed by atoms with Crippen LogP contribution in [0.1, 0.15) is 23.7 Å².